The van der Waals surface area contributed by atoms with Crippen molar-refractivity contribution in [1.29, 1.82) is 0 Å². The fourth-order valence-electron chi connectivity index (χ4n) is 1.71. The van der Waals surface area contributed by atoms with Crippen molar-refractivity contribution in [3.63, 3.8) is 0 Å². The molecule has 1 aromatic carbocycles. The number of carbonyl (C=O) groups excluding carboxylic acids is 1. The molecule has 0 atom stereocenters. The van der Waals surface area contributed by atoms with Crippen molar-refractivity contribution < 1.29 is 14.3 Å². The Morgan fingerprint density at radius 1 is 1.11 bits per heavy atom. The molecule has 0 aromatic heterocycles. The van der Waals surface area contributed by atoms with Gasteiger partial charge in [0.1, 0.15) is 5.75 Å². The number of benzene rings is 1. The van der Waals surface area contributed by atoms with Crippen LogP contribution in [0.25, 0.3) is 0 Å². The molecule has 3 nitrogen and oxygen atoms in total. The molecule has 0 aliphatic heterocycles. The first-order valence-electron chi connectivity index (χ1n) is 6.60. The molecule has 0 aliphatic rings. The van der Waals surface area contributed by atoms with E-state index in [1.807, 2.05) is 31.2 Å². The molecule has 18 heavy (non-hydrogen) atoms. The molecule has 100 valence electrons. The Kier molecular flexibility index (Phi) is 6.26. The van der Waals surface area contributed by atoms with Gasteiger partial charge in [0.2, 0.25) is 0 Å². The number of esters is 1. The van der Waals surface area contributed by atoms with Crippen LogP contribution in [0.1, 0.15) is 39.2 Å². The highest BCUT2D eigenvalue weighted by atomic mass is 16.5. The molecule has 0 aliphatic carbocycles. The lowest BCUT2D eigenvalue weighted by Crippen LogP contribution is -2.13. The van der Waals surface area contributed by atoms with Crippen LogP contribution in [-0.4, -0.2) is 18.7 Å². The molecular formula is C15H22O3. The predicted octanol–water partition coefficient (Wildman–Crippen LogP) is 3.36. The Balaban J connectivity index is 2.54. The molecule has 3 heteroatoms. The monoisotopic (exact) mass is 250 g/mol. The van der Waals surface area contributed by atoms with Crippen molar-refractivity contribution in [2.45, 2.75) is 46.1 Å². The van der Waals surface area contributed by atoms with Gasteiger partial charge in [0.15, 0.2) is 0 Å². The predicted molar refractivity (Wildman–Crippen MR) is 71.8 cm³/mol. The number of ether oxygens (including phenoxy) is 2. The third kappa shape index (κ3) is 4.78. The van der Waals surface area contributed by atoms with Crippen molar-refractivity contribution in [3.8, 4) is 5.75 Å². The molecule has 0 radical (unpaired) electrons. The standard InChI is InChI=1S/C15H22O3/c1-4-13(5-2)18-14-9-7-12(8-10-14)11-15(16)17-6-3/h7-10,13H,4-6,11H2,1-3H3. The van der Waals surface area contributed by atoms with E-state index >= 15 is 0 Å². The summed E-state index contributed by atoms with van der Waals surface area (Å²) in [7, 11) is 0. The highest BCUT2D eigenvalue weighted by molar-refractivity contribution is 5.72. The van der Waals surface area contributed by atoms with Crippen molar-refractivity contribution in [3.05, 3.63) is 29.8 Å². The second kappa shape index (κ2) is 7.75. The number of carbonyl (C=O) groups is 1. The van der Waals surface area contributed by atoms with E-state index in [1.165, 1.54) is 0 Å². The van der Waals surface area contributed by atoms with Gasteiger partial charge < -0.3 is 9.47 Å². The van der Waals surface area contributed by atoms with Gasteiger partial charge in [-0.2, -0.15) is 0 Å². The van der Waals surface area contributed by atoms with E-state index < -0.39 is 0 Å². The van der Waals surface area contributed by atoms with Gasteiger partial charge >= 0.3 is 5.97 Å². The van der Waals surface area contributed by atoms with Gasteiger partial charge in [-0.15, -0.1) is 0 Å². The minimum Gasteiger partial charge on any atom is -0.490 e. The molecule has 0 spiro atoms. The smallest absolute Gasteiger partial charge is 0.310 e. The molecule has 1 aromatic rings. The molecule has 0 fully saturated rings. The third-order valence-corrected chi connectivity index (χ3v) is 2.79. The lowest BCUT2D eigenvalue weighted by atomic mass is 10.1. The Bertz CT molecular complexity index is 353. The van der Waals surface area contributed by atoms with Crippen molar-refractivity contribution in [2.75, 3.05) is 6.61 Å². The zero-order valence-electron chi connectivity index (χ0n) is 11.4. The second-order valence-electron chi connectivity index (χ2n) is 4.18. The summed E-state index contributed by atoms with van der Waals surface area (Å²) in [6, 6.07) is 7.64. The molecule has 0 heterocycles. The van der Waals surface area contributed by atoms with Crippen LogP contribution in [0.5, 0.6) is 5.75 Å². The van der Waals surface area contributed by atoms with Gasteiger partial charge in [-0.05, 0) is 37.5 Å². The van der Waals surface area contributed by atoms with E-state index in [-0.39, 0.29) is 12.1 Å². The number of hydrogen-bond acceptors (Lipinski definition) is 3. The Morgan fingerprint density at radius 2 is 1.72 bits per heavy atom. The zero-order chi connectivity index (χ0) is 13.4. The van der Waals surface area contributed by atoms with Crippen LogP contribution in [0.4, 0.5) is 0 Å². The molecule has 0 N–H and O–H groups in total. The van der Waals surface area contributed by atoms with Crippen molar-refractivity contribution >= 4 is 5.97 Å². The Labute approximate surface area is 109 Å². The van der Waals surface area contributed by atoms with Crippen LogP contribution in [0.3, 0.4) is 0 Å². The first kappa shape index (κ1) is 14.6. The quantitative estimate of drug-likeness (QED) is 0.696. The lowest BCUT2D eigenvalue weighted by Gasteiger charge is -2.15. The second-order valence-corrected chi connectivity index (χ2v) is 4.18. The van der Waals surface area contributed by atoms with E-state index in [1.54, 1.807) is 0 Å². The Morgan fingerprint density at radius 3 is 2.22 bits per heavy atom. The molecule has 0 saturated heterocycles. The number of hydrogen-bond donors (Lipinski definition) is 0. The average Bonchev–Trinajstić information content (AvgIpc) is 2.38. The van der Waals surface area contributed by atoms with E-state index in [0.717, 1.165) is 24.2 Å². The first-order chi connectivity index (χ1) is 8.69. The van der Waals surface area contributed by atoms with Gasteiger partial charge in [-0.25, -0.2) is 0 Å². The molecule has 1 rings (SSSR count). The maximum absolute atomic E-state index is 11.3. The highest BCUT2D eigenvalue weighted by Crippen LogP contribution is 2.16. The summed E-state index contributed by atoms with van der Waals surface area (Å²) in [5.74, 6) is 0.669. The minimum absolute atomic E-state index is 0.189. The van der Waals surface area contributed by atoms with Crippen LogP contribution in [-0.2, 0) is 16.0 Å². The molecular weight excluding hydrogens is 228 g/mol. The highest BCUT2D eigenvalue weighted by Gasteiger charge is 2.06. The SMILES string of the molecule is CCOC(=O)Cc1ccc(OC(CC)CC)cc1. The van der Waals surface area contributed by atoms with E-state index in [9.17, 15) is 4.79 Å². The van der Waals surface area contributed by atoms with Gasteiger partial charge in [-0.1, -0.05) is 26.0 Å². The number of rotatable bonds is 7. The van der Waals surface area contributed by atoms with Gasteiger partial charge in [0, 0.05) is 0 Å². The fraction of sp³-hybridized carbons (Fsp3) is 0.533. The van der Waals surface area contributed by atoms with Crippen LogP contribution >= 0.6 is 0 Å². The van der Waals surface area contributed by atoms with Gasteiger partial charge in [-0.3, -0.25) is 4.79 Å². The van der Waals surface area contributed by atoms with E-state index in [4.69, 9.17) is 9.47 Å². The summed E-state index contributed by atoms with van der Waals surface area (Å²) in [6.07, 6.45) is 2.59. The summed E-state index contributed by atoms with van der Waals surface area (Å²) < 4.78 is 10.7. The maximum atomic E-state index is 11.3. The third-order valence-electron chi connectivity index (χ3n) is 2.79. The molecule has 0 bridgehead atoms. The first-order valence-corrected chi connectivity index (χ1v) is 6.60. The van der Waals surface area contributed by atoms with E-state index in [2.05, 4.69) is 13.8 Å². The maximum Gasteiger partial charge on any atom is 0.310 e. The minimum atomic E-state index is -0.189. The normalized spacial score (nSPS) is 10.4. The van der Waals surface area contributed by atoms with Gasteiger partial charge in [0.05, 0.1) is 19.1 Å². The zero-order valence-corrected chi connectivity index (χ0v) is 11.4. The summed E-state index contributed by atoms with van der Waals surface area (Å²) >= 11 is 0. The summed E-state index contributed by atoms with van der Waals surface area (Å²) in [5, 5.41) is 0. The Hall–Kier alpha value is -1.51. The van der Waals surface area contributed by atoms with Crippen LogP contribution in [0.15, 0.2) is 24.3 Å². The summed E-state index contributed by atoms with van der Waals surface area (Å²) in [4.78, 5) is 11.3. The van der Waals surface area contributed by atoms with E-state index in [0.29, 0.717) is 13.0 Å². The summed E-state index contributed by atoms with van der Waals surface area (Å²) in [6.45, 7) is 6.46. The topological polar surface area (TPSA) is 35.5 Å². The summed E-state index contributed by atoms with van der Waals surface area (Å²) in [5.41, 5.74) is 0.949. The van der Waals surface area contributed by atoms with Crippen LogP contribution in [0, 0.1) is 0 Å². The lowest BCUT2D eigenvalue weighted by molar-refractivity contribution is -0.142. The largest absolute Gasteiger partial charge is 0.490 e. The molecule has 0 unspecified atom stereocenters. The molecule has 0 saturated carbocycles. The van der Waals surface area contributed by atoms with Crippen molar-refractivity contribution in [2.24, 2.45) is 0 Å². The van der Waals surface area contributed by atoms with Crippen LogP contribution in [0.2, 0.25) is 0 Å². The average molecular weight is 250 g/mol. The fourth-order valence-corrected chi connectivity index (χ4v) is 1.71. The van der Waals surface area contributed by atoms with Crippen molar-refractivity contribution in [1.82, 2.24) is 0 Å². The molecule has 0 amide bonds. The van der Waals surface area contributed by atoms with Gasteiger partial charge in [0.25, 0.3) is 0 Å². The van der Waals surface area contributed by atoms with Crippen LogP contribution < -0.4 is 4.74 Å².